The maximum absolute atomic E-state index is 12.1. The van der Waals surface area contributed by atoms with Crippen molar-refractivity contribution in [3.63, 3.8) is 0 Å². The summed E-state index contributed by atoms with van der Waals surface area (Å²) in [5.74, 6) is -2.06. The average molecular weight is 224 g/mol. The number of rotatable bonds is 2. The molecule has 3 nitrogen and oxygen atoms in total. The molecule has 0 radical (unpaired) electrons. The van der Waals surface area contributed by atoms with E-state index in [-0.39, 0.29) is 5.02 Å². The maximum Gasteiger partial charge on any atom is 0.406 e. The van der Waals surface area contributed by atoms with Gasteiger partial charge in [0, 0.05) is 6.20 Å². The van der Waals surface area contributed by atoms with E-state index in [0.717, 1.165) is 4.68 Å². The molecular weight excluding hydrogens is 219 g/mol. The Bertz CT molecular complexity index is 352. The van der Waals surface area contributed by atoms with Crippen LogP contribution in [0.2, 0.25) is 5.02 Å². The van der Waals surface area contributed by atoms with Crippen molar-refractivity contribution >= 4 is 11.6 Å². The van der Waals surface area contributed by atoms with Crippen molar-refractivity contribution in [1.29, 1.82) is 5.26 Å². The van der Waals surface area contributed by atoms with Gasteiger partial charge in [-0.1, -0.05) is 11.6 Å². The highest BCUT2D eigenvalue weighted by atomic mass is 35.5. The van der Waals surface area contributed by atoms with Crippen LogP contribution in [0.4, 0.5) is 13.2 Å². The van der Waals surface area contributed by atoms with E-state index in [2.05, 4.69) is 5.10 Å². The number of aromatic nitrogens is 2. The van der Waals surface area contributed by atoms with Crippen molar-refractivity contribution in [2.75, 3.05) is 0 Å². The number of halogens is 4. The summed E-state index contributed by atoms with van der Waals surface area (Å²) in [4.78, 5) is 0. The number of nitriles is 1. The first-order chi connectivity index (χ1) is 6.43. The Morgan fingerprint density at radius 1 is 1.64 bits per heavy atom. The summed E-state index contributed by atoms with van der Waals surface area (Å²) < 4.78 is 37.3. The fraction of sp³-hybridized carbons (Fsp3) is 0.429. The predicted octanol–water partition coefficient (Wildman–Crippen LogP) is 2.24. The monoisotopic (exact) mass is 223 g/mol. The van der Waals surface area contributed by atoms with Crippen LogP contribution in [0.25, 0.3) is 0 Å². The first kappa shape index (κ1) is 10.9. The molecule has 0 spiro atoms. The third-order valence-electron chi connectivity index (χ3n) is 1.52. The molecule has 0 bridgehead atoms. The second kappa shape index (κ2) is 3.88. The standard InChI is InChI=1S/C7H5ClF3N3/c8-6-2-13-14(4-6)3-5(1-12)7(9,10)11/h2,4-5H,3H2. The Kier molecular flexibility index (Phi) is 3.01. The van der Waals surface area contributed by atoms with E-state index in [9.17, 15) is 13.2 Å². The Balaban J connectivity index is 2.73. The lowest BCUT2D eigenvalue weighted by molar-refractivity contribution is -0.162. The highest BCUT2D eigenvalue weighted by Crippen LogP contribution is 2.26. The summed E-state index contributed by atoms with van der Waals surface area (Å²) in [5, 5.41) is 12.1. The molecule has 0 saturated carbocycles. The molecule has 76 valence electrons. The molecule has 0 aliphatic carbocycles. The first-order valence-corrected chi connectivity index (χ1v) is 3.95. The normalized spacial score (nSPS) is 13.6. The highest BCUT2D eigenvalue weighted by molar-refractivity contribution is 6.30. The fourth-order valence-electron chi connectivity index (χ4n) is 0.843. The van der Waals surface area contributed by atoms with Crippen LogP contribution in [-0.2, 0) is 6.54 Å². The molecule has 0 saturated heterocycles. The third-order valence-corrected chi connectivity index (χ3v) is 1.72. The van der Waals surface area contributed by atoms with Gasteiger partial charge in [-0.25, -0.2) is 0 Å². The maximum atomic E-state index is 12.1. The zero-order chi connectivity index (χ0) is 10.8. The first-order valence-electron chi connectivity index (χ1n) is 3.58. The van der Waals surface area contributed by atoms with Crippen molar-refractivity contribution < 1.29 is 13.2 Å². The average Bonchev–Trinajstić information content (AvgIpc) is 2.45. The summed E-state index contributed by atoms with van der Waals surface area (Å²) in [6.07, 6.45) is -2.09. The number of nitrogens with zero attached hydrogens (tertiary/aromatic N) is 3. The van der Waals surface area contributed by atoms with Gasteiger partial charge in [-0.05, 0) is 0 Å². The highest BCUT2D eigenvalue weighted by Gasteiger charge is 2.40. The van der Waals surface area contributed by atoms with Crippen molar-refractivity contribution in [2.45, 2.75) is 12.7 Å². The minimum absolute atomic E-state index is 0.240. The Morgan fingerprint density at radius 2 is 2.29 bits per heavy atom. The van der Waals surface area contributed by atoms with Crippen LogP contribution in [0.3, 0.4) is 0 Å². The lowest BCUT2D eigenvalue weighted by atomic mass is 10.1. The van der Waals surface area contributed by atoms with Crippen LogP contribution >= 0.6 is 11.6 Å². The quantitative estimate of drug-likeness (QED) is 0.772. The van der Waals surface area contributed by atoms with E-state index in [1.807, 2.05) is 0 Å². The van der Waals surface area contributed by atoms with Crippen LogP contribution in [0, 0.1) is 17.2 Å². The molecule has 7 heteroatoms. The van der Waals surface area contributed by atoms with Crippen molar-refractivity contribution in [3.8, 4) is 6.07 Å². The lowest BCUT2D eigenvalue weighted by Gasteiger charge is -2.12. The summed E-state index contributed by atoms with van der Waals surface area (Å²) in [6.45, 7) is -0.535. The van der Waals surface area contributed by atoms with Gasteiger partial charge < -0.3 is 0 Å². The molecule has 1 atom stereocenters. The Morgan fingerprint density at radius 3 is 2.64 bits per heavy atom. The number of hydrogen-bond acceptors (Lipinski definition) is 2. The van der Waals surface area contributed by atoms with Gasteiger partial charge in [0.2, 0.25) is 0 Å². The smallest absolute Gasteiger partial charge is 0.270 e. The predicted molar refractivity (Wildman–Crippen MR) is 42.4 cm³/mol. The summed E-state index contributed by atoms with van der Waals surface area (Å²) in [6, 6.07) is 1.17. The molecule has 0 aliphatic heterocycles. The van der Waals surface area contributed by atoms with Gasteiger partial charge in [0.05, 0.1) is 23.8 Å². The topological polar surface area (TPSA) is 41.6 Å². The number of alkyl halides is 3. The van der Waals surface area contributed by atoms with E-state index >= 15 is 0 Å². The molecule has 0 aliphatic rings. The largest absolute Gasteiger partial charge is 0.406 e. The molecule has 1 unspecified atom stereocenters. The minimum Gasteiger partial charge on any atom is -0.270 e. The zero-order valence-electron chi connectivity index (χ0n) is 6.79. The van der Waals surface area contributed by atoms with E-state index in [1.165, 1.54) is 18.5 Å². The van der Waals surface area contributed by atoms with Gasteiger partial charge in [0.15, 0.2) is 5.92 Å². The second-order valence-electron chi connectivity index (χ2n) is 2.60. The second-order valence-corrected chi connectivity index (χ2v) is 3.04. The van der Waals surface area contributed by atoms with E-state index in [0.29, 0.717) is 0 Å². The van der Waals surface area contributed by atoms with Crippen LogP contribution in [0.15, 0.2) is 12.4 Å². The molecule has 1 aromatic heterocycles. The van der Waals surface area contributed by atoms with Crippen molar-refractivity contribution in [3.05, 3.63) is 17.4 Å². The van der Waals surface area contributed by atoms with E-state index in [1.54, 1.807) is 0 Å². The van der Waals surface area contributed by atoms with Crippen LogP contribution < -0.4 is 0 Å². The molecule has 14 heavy (non-hydrogen) atoms. The molecule has 0 aromatic carbocycles. The van der Waals surface area contributed by atoms with Gasteiger partial charge in [-0.3, -0.25) is 4.68 Å². The van der Waals surface area contributed by atoms with E-state index < -0.39 is 18.6 Å². The Labute approximate surface area is 82.7 Å². The van der Waals surface area contributed by atoms with Gasteiger partial charge >= 0.3 is 6.18 Å². The van der Waals surface area contributed by atoms with Crippen molar-refractivity contribution in [1.82, 2.24) is 9.78 Å². The molecular formula is C7H5ClF3N3. The molecule has 1 aromatic rings. The van der Waals surface area contributed by atoms with Gasteiger partial charge in [0.1, 0.15) is 0 Å². The lowest BCUT2D eigenvalue weighted by Crippen LogP contribution is -2.26. The molecule has 0 fully saturated rings. The molecule has 0 N–H and O–H groups in total. The Hall–Kier alpha value is -1.22. The fourth-order valence-corrected chi connectivity index (χ4v) is 0.999. The van der Waals surface area contributed by atoms with Gasteiger partial charge in [-0.15, -0.1) is 0 Å². The van der Waals surface area contributed by atoms with Crippen LogP contribution in [-0.4, -0.2) is 16.0 Å². The SMILES string of the molecule is N#CC(Cn1cc(Cl)cn1)C(F)(F)F. The summed E-state index contributed by atoms with van der Waals surface area (Å²) >= 11 is 5.45. The van der Waals surface area contributed by atoms with E-state index in [4.69, 9.17) is 16.9 Å². The van der Waals surface area contributed by atoms with Crippen molar-refractivity contribution in [2.24, 2.45) is 5.92 Å². The minimum atomic E-state index is -4.53. The summed E-state index contributed by atoms with van der Waals surface area (Å²) in [7, 11) is 0. The zero-order valence-corrected chi connectivity index (χ0v) is 7.55. The van der Waals surface area contributed by atoms with Gasteiger partial charge in [-0.2, -0.15) is 23.5 Å². The molecule has 1 rings (SSSR count). The van der Waals surface area contributed by atoms with Gasteiger partial charge in [0.25, 0.3) is 0 Å². The molecule has 1 heterocycles. The van der Waals surface area contributed by atoms with Crippen LogP contribution in [0.1, 0.15) is 0 Å². The number of hydrogen-bond donors (Lipinski definition) is 0. The third kappa shape index (κ3) is 2.64. The molecule has 0 amide bonds. The van der Waals surface area contributed by atoms with Crippen LogP contribution in [0.5, 0.6) is 0 Å². The summed E-state index contributed by atoms with van der Waals surface area (Å²) in [5.41, 5.74) is 0.